The van der Waals surface area contributed by atoms with E-state index in [9.17, 15) is 0 Å². The van der Waals surface area contributed by atoms with Crippen LogP contribution in [0.5, 0.6) is 5.75 Å². The molecule has 0 aliphatic heterocycles. The number of hydrogen-bond donors (Lipinski definition) is 1. The standard InChI is InChI=1S/C17H16BrCl2N5O/c1-2-25-17(22-23-24-25)21-9-12-7-13(18)4-6-16(12)26-10-11-3-5-14(19)8-15(11)20/h3-8H,2,9-10H2,1H3,(H,21,22,24). The minimum atomic E-state index is 0.345. The van der Waals surface area contributed by atoms with E-state index in [1.54, 1.807) is 16.8 Å². The molecule has 2 aromatic carbocycles. The first-order valence-corrected chi connectivity index (χ1v) is 9.47. The Kier molecular flexibility index (Phi) is 6.34. The second-order valence-corrected chi connectivity index (χ2v) is 7.21. The maximum absolute atomic E-state index is 6.21. The predicted molar refractivity (Wildman–Crippen MR) is 106 cm³/mol. The molecule has 6 nitrogen and oxygen atoms in total. The molecule has 1 heterocycles. The Morgan fingerprint density at radius 2 is 2.00 bits per heavy atom. The van der Waals surface area contributed by atoms with Crippen LogP contribution in [0.3, 0.4) is 0 Å². The summed E-state index contributed by atoms with van der Waals surface area (Å²) in [5, 5.41) is 16.0. The van der Waals surface area contributed by atoms with E-state index >= 15 is 0 Å². The molecule has 0 aliphatic rings. The number of hydrogen-bond acceptors (Lipinski definition) is 5. The first kappa shape index (κ1) is 18.9. The summed E-state index contributed by atoms with van der Waals surface area (Å²) in [4.78, 5) is 0. The molecule has 26 heavy (non-hydrogen) atoms. The van der Waals surface area contributed by atoms with Crippen molar-refractivity contribution in [2.45, 2.75) is 26.6 Å². The van der Waals surface area contributed by atoms with Crippen molar-refractivity contribution >= 4 is 45.1 Å². The Hall–Kier alpha value is -1.83. The van der Waals surface area contributed by atoms with Crippen molar-refractivity contribution in [1.29, 1.82) is 0 Å². The van der Waals surface area contributed by atoms with Crippen LogP contribution in [0.15, 0.2) is 40.9 Å². The van der Waals surface area contributed by atoms with Crippen LogP contribution in [-0.4, -0.2) is 20.2 Å². The number of tetrazole rings is 1. The van der Waals surface area contributed by atoms with Crippen LogP contribution in [0.2, 0.25) is 10.0 Å². The quantitative estimate of drug-likeness (QED) is 0.544. The van der Waals surface area contributed by atoms with Gasteiger partial charge >= 0.3 is 0 Å². The van der Waals surface area contributed by atoms with Crippen LogP contribution in [0.1, 0.15) is 18.1 Å². The number of benzene rings is 2. The minimum Gasteiger partial charge on any atom is -0.488 e. The van der Waals surface area contributed by atoms with Gasteiger partial charge in [0.2, 0.25) is 5.95 Å². The first-order chi connectivity index (χ1) is 12.6. The molecule has 0 bridgehead atoms. The highest BCUT2D eigenvalue weighted by Gasteiger charge is 2.10. The molecule has 0 unspecified atom stereocenters. The molecule has 1 aromatic heterocycles. The Bertz CT molecular complexity index is 903. The molecule has 1 N–H and O–H groups in total. The van der Waals surface area contributed by atoms with Gasteiger partial charge in [0.1, 0.15) is 12.4 Å². The summed E-state index contributed by atoms with van der Waals surface area (Å²) in [6.45, 7) is 3.53. The van der Waals surface area contributed by atoms with Crippen molar-refractivity contribution in [2.24, 2.45) is 0 Å². The molecule has 136 valence electrons. The van der Waals surface area contributed by atoms with Crippen LogP contribution < -0.4 is 10.1 Å². The zero-order valence-corrected chi connectivity index (χ0v) is 17.0. The molecule has 3 aromatic rings. The lowest BCUT2D eigenvalue weighted by atomic mass is 10.2. The second kappa shape index (κ2) is 8.70. The van der Waals surface area contributed by atoms with Gasteiger partial charge in [0.25, 0.3) is 0 Å². The van der Waals surface area contributed by atoms with E-state index in [4.69, 9.17) is 27.9 Å². The smallest absolute Gasteiger partial charge is 0.243 e. The second-order valence-electron chi connectivity index (χ2n) is 5.45. The zero-order chi connectivity index (χ0) is 18.5. The maximum atomic E-state index is 6.21. The van der Waals surface area contributed by atoms with Gasteiger partial charge in [-0.05, 0) is 47.7 Å². The Labute approximate surface area is 169 Å². The van der Waals surface area contributed by atoms with Gasteiger partial charge in [-0.15, -0.1) is 0 Å². The molecule has 0 radical (unpaired) electrons. The molecule has 0 aliphatic carbocycles. The molecular formula is C17H16BrCl2N5O. The minimum absolute atomic E-state index is 0.345. The SMILES string of the molecule is CCn1nnnc1NCc1cc(Br)ccc1OCc1ccc(Cl)cc1Cl. The Morgan fingerprint density at radius 3 is 2.77 bits per heavy atom. The number of nitrogens with zero attached hydrogens (tertiary/aromatic N) is 4. The van der Waals surface area contributed by atoms with E-state index in [2.05, 4.69) is 36.8 Å². The van der Waals surface area contributed by atoms with Crippen LogP contribution >= 0.6 is 39.1 Å². The lowest BCUT2D eigenvalue weighted by Gasteiger charge is -2.14. The van der Waals surface area contributed by atoms with E-state index in [-0.39, 0.29) is 0 Å². The fraction of sp³-hybridized carbons (Fsp3) is 0.235. The van der Waals surface area contributed by atoms with Gasteiger partial charge in [0.15, 0.2) is 0 Å². The lowest BCUT2D eigenvalue weighted by Crippen LogP contribution is -2.09. The van der Waals surface area contributed by atoms with Crippen molar-refractivity contribution < 1.29 is 4.74 Å². The van der Waals surface area contributed by atoms with Gasteiger partial charge in [0.05, 0.1) is 0 Å². The average Bonchev–Trinajstić information content (AvgIpc) is 3.08. The molecular weight excluding hydrogens is 441 g/mol. The summed E-state index contributed by atoms with van der Waals surface area (Å²) in [7, 11) is 0. The van der Waals surface area contributed by atoms with Crippen molar-refractivity contribution in [3.05, 3.63) is 62.0 Å². The summed E-state index contributed by atoms with van der Waals surface area (Å²) < 4.78 is 8.62. The maximum Gasteiger partial charge on any atom is 0.243 e. The number of aryl methyl sites for hydroxylation is 1. The van der Waals surface area contributed by atoms with E-state index in [1.165, 1.54) is 0 Å². The van der Waals surface area contributed by atoms with Crippen LogP contribution in [-0.2, 0) is 19.7 Å². The average molecular weight is 457 g/mol. The number of halogens is 3. The third-order valence-corrected chi connectivity index (χ3v) is 4.77. The normalized spacial score (nSPS) is 10.8. The van der Waals surface area contributed by atoms with E-state index in [1.807, 2.05) is 31.2 Å². The Balaban J connectivity index is 1.73. The van der Waals surface area contributed by atoms with Crippen molar-refractivity contribution in [1.82, 2.24) is 20.2 Å². The molecule has 0 spiro atoms. The summed E-state index contributed by atoms with van der Waals surface area (Å²) in [6.07, 6.45) is 0. The lowest BCUT2D eigenvalue weighted by molar-refractivity contribution is 0.303. The van der Waals surface area contributed by atoms with Gasteiger partial charge in [-0.25, -0.2) is 4.68 Å². The van der Waals surface area contributed by atoms with Crippen molar-refractivity contribution in [3.8, 4) is 5.75 Å². The highest BCUT2D eigenvalue weighted by molar-refractivity contribution is 9.10. The fourth-order valence-electron chi connectivity index (χ4n) is 2.34. The number of ether oxygens (including phenoxy) is 1. The number of anilines is 1. The van der Waals surface area contributed by atoms with Crippen LogP contribution in [0.4, 0.5) is 5.95 Å². The van der Waals surface area contributed by atoms with Crippen LogP contribution in [0.25, 0.3) is 0 Å². The van der Waals surface area contributed by atoms with E-state index in [0.717, 1.165) is 21.3 Å². The summed E-state index contributed by atoms with van der Waals surface area (Å²) in [5.41, 5.74) is 1.84. The van der Waals surface area contributed by atoms with Gasteiger partial charge in [0, 0.05) is 38.7 Å². The number of aromatic nitrogens is 4. The third-order valence-electron chi connectivity index (χ3n) is 3.69. The first-order valence-electron chi connectivity index (χ1n) is 7.92. The van der Waals surface area contributed by atoms with E-state index < -0.39 is 0 Å². The fourth-order valence-corrected chi connectivity index (χ4v) is 3.21. The molecule has 0 atom stereocenters. The number of rotatable bonds is 7. The monoisotopic (exact) mass is 455 g/mol. The Morgan fingerprint density at radius 1 is 1.15 bits per heavy atom. The number of nitrogens with one attached hydrogen (secondary N) is 1. The molecule has 3 rings (SSSR count). The summed E-state index contributed by atoms with van der Waals surface area (Å²) in [5.74, 6) is 1.36. The van der Waals surface area contributed by atoms with E-state index in [0.29, 0.717) is 35.7 Å². The van der Waals surface area contributed by atoms with Crippen LogP contribution in [0, 0.1) is 0 Å². The largest absolute Gasteiger partial charge is 0.488 e. The highest BCUT2D eigenvalue weighted by atomic mass is 79.9. The predicted octanol–water partition coefficient (Wildman–Crippen LogP) is 4.95. The third kappa shape index (κ3) is 4.66. The molecule has 0 saturated carbocycles. The molecule has 0 amide bonds. The molecule has 9 heteroatoms. The van der Waals surface area contributed by atoms with Gasteiger partial charge in [-0.1, -0.05) is 50.3 Å². The molecule has 0 fully saturated rings. The van der Waals surface area contributed by atoms with Gasteiger partial charge in [-0.3, -0.25) is 0 Å². The zero-order valence-electron chi connectivity index (χ0n) is 13.9. The highest BCUT2D eigenvalue weighted by Crippen LogP contribution is 2.27. The summed E-state index contributed by atoms with van der Waals surface area (Å²) in [6, 6.07) is 11.2. The topological polar surface area (TPSA) is 64.9 Å². The van der Waals surface area contributed by atoms with Crippen molar-refractivity contribution in [3.63, 3.8) is 0 Å². The van der Waals surface area contributed by atoms with Gasteiger partial charge < -0.3 is 10.1 Å². The molecule has 0 saturated heterocycles. The summed E-state index contributed by atoms with van der Waals surface area (Å²) >= 11 is 15.6. The van der Waals surface area contributed by atoms with Gasteiger partial charge in [-0.2, -0.15) is 0 Å². The van der Waals surface area contributed by atoms with Crippen molar-refractivity contribution in [2.75, 3.05) is 5.32 Å².